The van der Waals surface area contributed by atoms with E-state index < -0.39 is 17.7 Å². The lowest BCUT2D eigenvalue weighted by molar-refractivity contribution is 0.0633. The first-order valence-corrected chi connectivity index (χ1v) is 7.03. The third-order valence-electron chi connectivity index (χ3n) is 2.61. The van der Waals surface area contributed by atoms with Gasteiger partial charge in [0.1, 0.15) is 5.60 Å². The second-order valence-corrected chi connectivity index (χ2v) is 6.11. The highest BCUT2D eigenvalue weighted by Gasteiger charge is 2.18. The van der Waals surface area contributed by atoms with E-state index in [-0.39, 0.29) is 16.5 Å². The molecule has 0 bridgehead atoms. The molecule has 2 N–H and O–H groups in total. The van der Waals surface area contributed by atoms with Crippen LogP contribution in [0.4, 0.5) is 10.5 Å². The van der Waals surface area contributed by atoms with E-state index in [1.165, 1.54) is 12.1 Å². The van der Waals surface area contributed by atoms with E-state index in [1.807, 2.05) is 0 Å². The zero-order chi connectivity index (χ0) is 17.2. The quantitative estimate of drug-likeness (QED) is 0.875. The molecule has 0 spiro atoms. The monoisotopic (exact) mass is 338 g/mol. The van der Waals surface area contributed by atoms with Crippen molar-refractivity contribution in [1.82, 2.24) is 5.16 Å². The molecule has 0 unspecified atom stereocenters. The van der Waals surface area contributed by atoms with Crippen molar-refractivity contribution >= 4 is 29.4 Å². The maximum atomic E-state index is 11.7. The first kappa shape index (κ1) is 16.8. The molecule has 23 heavy (non-hydrogen) atoms. The Bertz CT molecular complexity index is 749. The minimum atomic E-state index is -1.20. The van der Waals surface area contributed by atoms with Gasteiger partial charge in [0.25, 0.3) is 0 Å². The molecular formula is C15H15ClN2O5. The van der Waals surface area contributed by atoms with Gasteiger partial charge in [-0.15, -0.1) is 0 Å². The molecule has 2 rings (SSSR count). The standard InChI is InChI=1S/C15H15ClN2O5/c1-15(2,3)22-14(21)17-8-4-5-9(10(16)6-8)12-7-11(13(19)20)18-23-12/h4-7H,1-3H3,(H,17,21)(H,19,20). The minimum Gasteiger partial charge on any atom is -0.476 e. The average molecular weight is 339 g/mol. The second kappa shape index (κ2) is 6.29. The summed E-state index contributed by atoms with van der Waals surface area (Å²) >= 11 is 6.14. The fourth-order valence-electron chi connectivity index (χ4n) is 1.72. The van der Waals surface area contributed by atoms with E-state index in [4.69, 9.17) is 26.0 Å². The van der Waals surface area contributed by atoms with E-state index in [1.54, 1.807) is 32.9 Å². The highest BCUT2D eigenvalue weighted by Crippen LogP contribution is 2.31. The van der Waals surface area contributed by atoms with Crippen LogP contribution in [0.1, 0.15) is 31.3 Å². The average Bonchev–Trinajstić information content (AvgIpc) is 2.85. The van der Waals surface area contributed by atoms with Crippen LogP contribution in [0.5, 0.6) is 0 Å². The fraction of sp³-hybridized carbons (Fsp3) is 0.267. The molecule has 1 amide bonds. The number of aromatic nitrogens is 1. The molecule has 0 aliphatic rings. The topological polar surface area (TPSA) is 102 Å². The molecule has 7 nitrogen and oxygen atoms in total. The van der Waals surface area contributed by atoms with Crippen LogP contribution < -0.4 is 5.32 Å². The molecule has 0 saturated heterocycles. The first-order chi connectivity index (χ1) is 10.7. The number of hydrogen-bond acceptors (Lipinski definition) is 5. The predicted molar refractivity (Wildman–Crippen MR) is 83.8 cm³/mol. The van der Waals surface area contributed by atoms with E-state index in [2.05, 4.69) is 10.5 Å². The molecule has 0 aliphatic carbocycles. The third kappa shape index (κ3) is 4.46. The lowest BCUT2D eigenvalue weighted by Crippen LogP contribution is -2.27. The summed E-state index contributed by atoms with van der Waals surface area (Å²) in [5.74, 6) is -0.976. The number of nitrogens with one attached hydrogen (secondary N) is 1. The number of carbonyl (C=O) groups is 2. The van der Waals surface area contributed by atoms with Crippen LogP contribution >= 0.6 is 11.6 Å². The Morgan fingerprint density at radius 3 is 2.52 bits per heavy atom. The number of nitrogens with zero attached hydrogens (tertiary/aromatic N) is 1. The Hall–Kier alpha value is -2.54. The van der Waals surface area contributed by atoms with Gasteiger partial charge in [-0.2, -0.15) is 0 Å². The van der Waals surface area contributed by atoms with Gasteiger partial charge in [0, 0.05) is 17.3 Å². The highest BCUT2D eigenvalue weighted by atomic mass is 35.5. The zero-order valence-corrected chi connectivity index (χ0v) is 13.5. The van der Waals surface area contributed by atoms with E-state index in [0.29, 0.717) is 11.3 Å². The van der Waals surface area contributed by atoms with Gasteiger partial charge in [-0.1, -0.05) is 16.8 Å². The molecule has 1 aromatic heterocycles. The third-order valence-corrected chi connectivity index (χ3v) is 2.92. The molecule has 0 atom stereocenters. The van der Waals surface area contributed by atoms with Gasteiger partial charge < -0.3 is 14.4 Å². The van der Waals surface area contributed by atoms with Crippen molar-refractivity contribution in [2.45, 2.75) is 26.4 Å². The van der Waals surface area contributed by atoms with Crippen LogP contribution in [-0.4, -0.2) is 27.9 Å². The van der Waals surface area contributed by atoms with E-state index in [0.717, 1.165) is 0 Å². The number of anilines is 1. The molecular weight excluding hydrogens is 324 g/mol. The van der Waals surface area contributed by atoms with Crippen LogP contribution in [0.25, 0.3) is 11.3 Å². The van der Waals surface area contributed by atoms with Gasteiger partial charge in [0.15, 0.2) is 11.5 Å². The second-order valence-electron chi connectivity index (χ2n) is 5.70. The Morgan fingerprint density at radius 2 is 2.00 bits per heavy atom. The number of carbonyl (C=O) groups excluding carboxylic acids is 1. The smallest absolute Gasteiger partial charge is 0.412 e. The number of rotatable bonds is 3. The van der Waals surface area contributed by atoms with Crippen LogP contribution in [0.2, 0.25) is 5.02 Å². The maximum Gasteiger partial charge on any atom is 0.412 e. The normalized spacial score (nSPS) is 11.1. The Kier molecular flexibility index (Phi) is 4.60. The Balaban J connectivity index is 2.17. The summed E-state index contributed by atoms with van der Waals surface area (Å²) in [6, 6.07) is 5.95. The molecule has 0 saturated carbocycles. The van der Waals surface area contributed by atoms with Crippen LogP contribution in [0.15, 0.2) is 28.8 Å². The van der Waals surface area contributed by atoms with Crippen molar-refractivity contribution in [1.29, 1.82) is 0 Å². The molecule has 1 heterocycles. The fourth-order valence-corrected chi connectivity index (χ4v) is 1.99. The Labute approximate surface area is 137 Å². The summed E-state index contributed by atoms with van der Waals surface area (Å²) in [5, 5.41) is 15.1. The summed E-state index contributed by atoms with van der Waals surface area (Å²) in [6.45, 7) is 5.27. The number of benzene rings is 1. The molecule has 0 aliphatic heterocycles. The largest absolute Gasteiger partial charge is 0.476 e. The number of hydrogen-bond donors (Lipinski definition) is 2. The van der Waals surface area contributed by atoms with Crippen molar-refractivity contribution in [2.75, 3.05) is 5.32 Å². The SMILES string of the molecule is CC(C)(C)OC(=O)Nc1ccc(-c2cc(C(=O)O)no2)c(Cl)c1. The molecule has 8 heteroatoms. The lowest BCUT2D eigenvalue weighted by atomic mass is 10.1. The number of carboxylic acid groups (broad SMARTS) is 1. The summed E-state index contributed by atoms with van der Waals surface area (Å²) in [5.41, 5.74) is 0.0698. The van der Waals surface area contributed by atoms with E-state index in [9.17, 15) is 9.59 Å². The summed E-state index contributed by atoms with van der Waals surface area (Å²) < 4.78 is 10.1. The highest BCUT2D eigenvalue weighted by molar-refractivity contribution is 6.33. The van der Waals surface area contributed by atoms with Gasteiger partial charge in [-0.25, -0.2) is 9.59 Å². The van der Waals surface area contributed by atoms with Crippen molar-refractivity contribution < 1.29 is 24.0 Å². The van der Waals surface area contributed by atoms with Crippen molar-refractivity contribution in [3.05, 3.63) is 35.0 Å². The van der Waals surface area contributed by atoms with Crippen molar-refractivity contribution in [3.63, 3.8) is 0 Å². The molecule has 122 valence electrons. The summed E-state index contributed by atoms with van der Waals surface area (Å²) in [7, 11) is 0. The van der Waals surface area contributed by atoms with Gasteiger partial charge in [0.2, 0.25) is 0 Å². The first-order valence-electron chi connectivity index (χ1n) is 6.65. The summed E-state index contributed by atoms with van der Waals surface area (Å²) in [4.78, 5) is 22.5. The van der Waals surface area contributed by atoms with Gasteiger partial charge in [-0.05, 0) is 39.0 Å². The van der Waals surface area contributed by atoms with Crippen LogP contribution in [-0.2, 0) is 4.74 Å². The lowest BCUT2D eigenvalue weighted by Gasteiger charge is -2.19. The number of halogens is 1. The van der Waals surface area contributed by atoms with Gasteiger partial charge >= 0.3 is 12.1 Å². The maximum absolute atomic E-state index is 11.7. The van der Waals surface area contributed by atoms with Crippen LogP contribution in [0.3, 0.4) is 0 Å². The Morgan fingerprint density at radius 1 is 1.30 bits per heavy atom. The predicted octanol–water partition coefficient (Wildman–Crippen LogP) is 4.04. The van der Waals surface area contributed by atoms with Gasteiger partial charge in [0.05, 0.1) is 5.02 Å². The minimum absolute atomic E-state index is 0.216. The van der Waals surface area contributed by atoms with Crippen molar-refractivity contribution in [3.8, 4) is 11.3 Å². The number of carboxylic acids is 1. The molecule has 0 radical (unpaired) electrons. The zero-order valence-electron chi connectivity index (χ0n) is 12.7. The molecule has 2 aromatic rings. The molecule has 1 aromatic carbocycles. The number of aromatic carboxylic acids is 1. The summed E-state index contributed by atoms with van der Waals surface area (Å²) in [6.07, 6.45) is -0.603. The molecule has 0 fully saturated rings. The van der Waals surface area contributed by atoms with Gasteiger partial charge in [-0.3, -0.25) is 5.32 Å². The number of amides is 1. The van der Waals surface area contributed by atoms with Crippen molar-refractivity contribution in [2.24, 2.45) is 0 Å². The number of ether oxygens (including phenoxy) is 1. The van der Waals surface area contributed by atoms with Crippen LogP contribution in [0, 0.1) is 0 Å². The van der Waals surface area contributed by atoms with E-state index >= 15 is 0 Å².